The minimum Gasteiger partial charge on any atom is -0.350 e. The normalized spacial score (nSPS) is 16.1. The molecule has 3 nitrogen and oxygen atoms in total. The maximum absolute atomic E-state index is 13.1. The topological polar surface area (TPSA) is 32.3 Å². The average molecular weight is 373 g/mol. The first kappa shape index (κ1) is 18.6. The number of piperidine rings is 1. The van der Waals surface area contributed by atoms with Crippen LogP contribution in [0.4, 0.5) is 4.39 Å². The van der Waals surface area contributed by atoms with Gasteiger partial charge in [-0.25, -0.2) is 4.39 Å². The molecule has 5 heteroatoms. The van der Waals surface area contributed by atoms with Crippen LogP contribution < -0.4 is 5.32 Å². The van der Waals surface area contributed by atoms with Crippen molar-refractivity contribution in [3.8, 4) is 0 Å². The number of hydrogen-bond donors (Lipinski definition) is 1. The maximum Gasteiger partial charge on any atom is 0.244 e. The third-order valence-electron chi connectivity index (χ3n) is 4.53. The highest BCUT2D eigenvalue weighted by Crippen LogP contribution is 2.16. The first-order chi connectivity index (χ1) is 12.6. The van der Waals surface area contributed by atoms with Crippen molar-refractivity contribution in [1.82, 2.24) is 10.2 Å². The molecule has 2 aromatic rings. The molecular weight excluding hydrogens is 351 g/mol. The Bertz CT molecular complexity index is 768. The van der Waals surface area contributed by atoms with Crippen molar-refractivity contribution in [1.29, 1.82) is 0 Å². The maximum atomic E-state index is 13.1. The van der Waals surface area contributed by atoms with Crippen LogP contribution >= 0.6 is 11.6 Å². The van der Waals surface area contributed by atoms with Gasteiger partial charge >= 0.3 is 0 Å². The number of benzene rings is 2. The van der Waals surface area contributed by atoms with Gasteiger partial charge in [-0.15, -0.1) is 0 Å². The van der Waals surface area contributed by atoms with Crippen molar-refractivity contribution in [2.75, 3.05) is 13.1 Å². The Hall–Kier alpha value is -2.17. The van der Waals surface area contributed by atoms with E-state index in [0.29, 0.717) is 5.56 Å². The van der Waals surface area contributed by atoms with Gasteiger partial charge in [0.15, 0.2) is 0 Å². The zero-order chi connectivity index (χ0) is 18.4. The Labute approximate surface area is 158 Å². The predicted molar refractivity (Wildman–Crippen MR) is 103 cm³/mol. The molecule has 0 atom stereocenters. The lowest BCUT2D eigenvalue weighted by Gasteiger charge is -2.32. The van der Waals surface area contributed by atoms with Crippen molar-refractivity contribution in [3.05, 3.63) is 76.6 Å². The molecule has 1 saturated heterocycles. The molecule has 0 radical (unpaired) electrons. The molecule has 1 fully saturated rings. The molecule has 1 N–H and O–H groups in total. The van der Waals surface area contributed by atoms with Gasteiger partial charge in [0.25, 0.3) is 0 Å². The molecule has 2 aromatic carbocycles. The summed E-state index contributed by atoms with van der Waals surface area (Å²) in [6.07, 6.45) is 4.95. The summed E-state index contributed by atoms with van der Waals surface area (Å²) in [6, 6.07) is 14.3. The van der Waals surface area contributed by atoms with Crippen LogP contribution in [0, 0.1) is 5.82 Å². The Balaban J connectivity index is 1.43. The molecule has 1 aliphatic heterocycles. The van der Waals surface area contributed by atoms with Gasteiger partial charge in [0.05, 0.1) is 0 Å². The van der Waals surface area contributed by atoms with E-state index in [0.717, 1.165) is 37.5 Å². The van der Waals surface area contributed by atoms with Crippen LogP contribution in [-0.4, -0.2) is 29.9 Å². The van der Waals surface area contributed by atoms with Crippen molar-refractivity contribution in [2.45, 2.75) is 25.4 Å². The standard InChI is InChI=1S/C21H22ClFN2O/c22-18-7-4-17(5-8-18)15-25-12-10-20(11-13-25)24-21(26)9-6-16-2-1-3-19(23)14-16/h1-9,14,20H,10-13,15H2,(H,24,26)/b9-6+. The van der Waals surface area contributed by atoms with Gasteiger partial charge in [-0.1, -0.05) is 35.9 Å². The van der Waals surface area contributed by atoms with E-state index in [9.17, 15) is 9.18 Å². The molecule has 0 unspecified atom stereocenters. The zero-order valence-corrected chi connectivity index (χ0v) is 15.3. The minimum absolute atomic E-state index is 0.134. The van der Waals surface area contributed by atoms with Gasteiger partial charge < -0.3 is 5.32 Å². The SMILES string of the molecule is O=C(/C=C/c1cccc(F)c1)NC1CCN(Cc2ccc(Cl)cc2)CC1. The summed E-state index contributed by atoms with van der Waals surface area (Å²) in [5.41, 5.74) is 1.92. The van der Waals surface area contributed by atoms with E-state index in [1.165, 1.54) is 23.8 Å². The Kier molecular flexibility index (Phi) is 6.42. The van der Waals surface area contributed by atoms with Crippen LogP contribution in [0.1, 0.15) is 24.0 Å². The largest absolute Gasteiger partial charge is 0.350 e. The van der Waals surface area contributed by atoms with Gasteiger partial charge in [0.2, 0.25) is 5.91 Å². The lowest BCUT2D eigenvalue weighted by molar-refractivity contribution is -0.117. The highest BCUT2D eigenvalue weighted by Gasteiger charge is 2.20. The molecule has 1 amide bonds. The van der Waals surface area contributed by atoms with Crippen molar-refractivity contribution < 1.29 is 9.18 Å². The van der Waals surface area contributed by atoms with Crippen LogP contribution in [0.5, 0.6) is 0 Å². The number of amides is 1. The third kappa shape index (κ3) is 5.68. The number of carbonyl (C=O) groups is 1. The lowest BCUT2D eigenvalue weighted by Crippen LogP contribution is -2.43. The molecule has 1 aliphatic rings. The van der Waals surface area contributed by atoms with Crippen LogP contribution in [0.25, 0.3) is 6.08 Å². The van der Waals surface area contributed by atoms with E-state index >= 15 is 0 Å². The average Bonchev–Trinajstić information content (AvgIpc) is 2.64. The van der Waals surface area contributed by atoms with Crippen molar-refractivity contribution in [2.24, 2.45) is 0 Å². The van der Waals surface area contributed by atoms with Crippen LogP contribution in [0.2, 0.25) is 5.02 Å². The summed E-state index contributed by atoms with van der Waals surface area (Å²) in [7, 11) is 0. The Morgan fingerprint density at radius 3 is 2.62 bits per heavy atom. The molecule has 26 heavy (non-hydrogen) atoms. The number of hydrogen-bond acceptors (Lipinski definition) is 2. The summed E-state index contributed by atoms with van der Waals surface area (Å²) >= 11 is 5.92. The van der Waals surface area contributed by atoms with Crippen molar-refractivity contribution in [3.63, 3.8) is 0 Å². The van der Waals surface area contributed by atoms with Crippen molar-refractivity contribution >= 4 is 23.6 Å². The van der Waals surface area contributed by atoms with E-state index in [2.05, 4.69) is 10.2 Å². The fourth-order valence-electron chi connectivity index (χ4n) is 3.11. The number of likely N-dealkylation sites (tertiary alicyclic amines) is 1. The highest BCUT2D eigenvalue weighted by molar-refractivity contribution is 6.30. The number of rotatable bonds is 5. The molecule has 0 spiro atoms. The van der Waals surface area contributed by atoms with E-state index in [1.54, 1.807) is 18.2 Å². The highest BCUT2D eigenvalue weighted by atomic mass is 35.5. The summed E-state index contributed by atoms with van der Waals surface area (Å²) in [5, 5.41) is 3.78. The summed E-state index contributed by atoms with van der Waals surface area (Å²) < 4.78 is 13.1. The Morgan fingerprint density at radius 1 is 1.19 bits per heavy atom. The molecule has 0 aliphatic carbocycles. The molecule has 3 rings (SSSR count). The summed E-state index contributed by atoms with van der Waals surface area (Å²) in [5.74, 6) is -0.439. The first-order valence-corrected chi connectivity index (χ1v) is 9.17. The molecule has 136 valence electrons. The monoisotopic (exact) mass is 372 g/mol. The quantitative estimate of drug-likeness (QED) is 0.795. The van der Waals surface area contributed by atoms with Crippen LogP contribution in [0.3, 0.4) is 0 Å². The van der Waals surface area contributed by atoms with Gasteiger partial charge in [-0.2, -0.15) is 0 Å². The van der Waals surface area contributed by atoms with Gasteiger partial charge in [0, 0.05) is 36.8 Å². The third-order valence-corrected chi connectivity index (χ3v) is 4.78. The smallest absolute Gasteiger partial charge is 0.244 e. The van der Waals surface area contributed by atoms with Crippen LogP contribution in [-0.2, 0) is 11.3 Å². The zero-order valence-electron chi connectivity index (χ0n) is 14.5. The number of carbonyl (C=O) groups excluding carboxylic acids is 1. The fraction of sp³-hybridized carbons (Fsp3) is 0.286. The van der Waals surface area contributed by atoms with Gasteiger partial charge in [0.1, 0.15) is 5.82 Å². The van der Waals surface area contributed by atoms with E-state index in [4.69, 9.17) is 11.6 Å². The number of nitrogens with one attached hydrogen (secondary N) is 1. The van der Waals surface area contributed by atoms with Gasteiger partial charge in [-0.05, 0) is 54.3 Å². The minimum atomic E-state index is -0.305. The first-order valence-electron chi connectivity index (χ1n) is 8.79. The van der Waals surface area contributed by atoms with Gasteiger partial charge in [-0.3, -0.25) is 9.69 Å². The predicted octanol–water partition coefficient (Wildman–Crippen LogP) is 4.27. The molecule has 1 heterocycles. The van der Waals surface area contributed by atoms with E-state index in [1.807, 2.05) is 24.3 Å². The number of nitrogens with zero attached hydrogens (tertiary/aromatic N) is 1. The molecule has 0 bridgehead atoms. The second-order valence-electron chi connectivity index (χ2n) is 6.57. The number of halogens is 2. The lowest BCUT2D eigenvalue weighted by atomic mass is 10.0. The molecule has 0 aromatic heterocycles. The van der Waals surface area contributed by atoms with Crippen LogP contribution in [0.15, 0.2) is 54.6 Å². The second kappa shape index (κ2) is 8.97. The van der Waals surface area contributed by atoms with E-state index < -0.39 is 0 Å². The summed E-state index contributed by atoms with van der Waals surface area (Å²) in [6.45, 7) is 2.79. The molecule has 0 saturated carbocycles. The Morgan fingerprint density at radius 2 is 1.92 bits per heavy atom. The fourth-order valence-corrected chi connectivity index (χ4v) is 3.24. The second-order valence-corrected chi connectivity index (χ2v) is 7.01. The summed E-state index contributed by atoms with van der Waals surface area (Å²) in [4.78, 5) is 14.4. The molecular formula is C21H22ClFN2O. The van der Waals surface area contributed by atoms with E-state index in [-0.39, 0.29) is 17.8 Å².